The first-order valence-electron chi connectivity index (χ1n) is 25.8. The summed E-state index contributed by atoms with van der Waals surface area (Å²) in [6.07, 6.45) is 75.6. The third-order valence-corrected chi connectivity index (χ3v) is 10.1. The van der Waals surface area contributed by atoms with Crippen LogP contribution in [0.4, 0.5) is 0 Å². The molecule has 0 aromatic heterocycles. The van der Waals surface area contributed by atoms with Crippen molar-refractivity contribution in [1.82, 2.24) is 0 Å². The SMILES string of the molecule is CC/C=C\C/C=C\C/C=C\C/C=C\C/C=C\C/C=C\CCC(=O)OCC(COC(=O)CCCCCC/C=C\CCCC)OC(=O)CCCCC/C=C\C/C=C\C/C=C\C/C=C\C/C=C\CC. The summed E-state index contributed by atoms with van der Waals surface area (Å²) in [7, 11) is 0. The summed E-state index contributed by atoms with van der Waals surface area (Å²) in [5.74, 6) is -1.07. The Labute approximate surface area is 404 Å². The smallest absolute Gasteiger partial charge is 0.306 e. The molecule has 0 fully saturated rings. The molecular formula is C60H92O6. The molecule has 0 aromatic carbocycles. The molecule has 6 nitrogen and oxygen atoms in total. The Morgan fingerprint density at radius 2 is 0.621 bits per heavy atom. The van der Waals surface area contributed by atoms with Crippen molar-refractivity contribution < 1.29 is 28.6 Å². The number of hydrogen-bond acceptors (Lipinski definition) is 6. The molecule has 0 heterocycles. The van der Waals surface area contributed by atoms with E-state index < -0.39 is 6.10 Å². The average molecular weight is 909 g/mol. The minimum atomic E-state index is -0.836. The number of hydrogen-bond donors (Lipinski definition) is 0. The molecule has 368 valence electrons. The third-order valence-electron chi connectivity index (χ3n) is 10.1. The Morgan fingerprint density at radius 3 is 1.03 bits per heavy atom. The summed E-state index contributed by atoms with van der Waals surface area (Å²) in [5, 5.41) is 0. The quantitative estimate of drug-likeness (QED) is 0.0262. The highest BCUT2D eigenvalue weighted by atomic mass is 16.6. The minimum Gasteiger partial charge on any atom is -0.462 e. The second kappa shape index (κ2) is 52.9. The molecule has 0 saturated carbocycles. The summed E-state index contributed by atoms with van der Waals surface area (Å²) >= 11 is 0. The Hall–Kier alpha value is -4.71. The summed E-state index contributed by atoms with van der Waals surface area (Å²) in [6.45, 7) is 6.23. The predicted molar refractivity (Wildman–Crippen MR) is 283 cm³/mol. The Bertz CT molecular complexity index is 1510. The van der Waals surface area contributed by atoms with Gasteiger partial charge in [-0.2, -0.15) is 0 Å². The molecule has 0 radical (unpaired) electrons. The van der Waals surface area contributed by atoms with Crippen LogP contribution in [-0.2, 0) is 28.6 Å². The largest absolute Gasteiger partial charge is 0.462 e. The van der Waals surface area contributed by atoms with Crippen LogP contribution in [0, 0.1) is 0 Å². The van der Waals surface area contributed by atoms with Crippen LogP contribution >= 0.6 is 0 Å². The molecule has 0 aliphatic rings. The molecule has 0 N–H and O–H groups in total. The van der Waals surface area contributed by atoms with E-state index in [1.807, 2.05) is 12.2 Å². The fraction of sp³-hybridized carbons (Fsp3) is 0.550. The number of rotatable bonds is 44. The van der Waals surface area contributed by atoms with Gasteiger partial charge in [0.1, 0.15) is 13.2 Å². The molecule has 0 rings (SSSR count). The van der Waals surface area contributed by atoms with Gasteiger partial charge in [-0.1, -0.05) is 199 Å². The summed E-state index contributed by atoms with van der Waals surface area (Å²) in [5.41, 5.74) is 0. The summed E-state index contributed by atoms with van der Waals surface area (Å²) < 4.78 is 16.7. The van der Waals surface area contributed by atoms with Crippen LogP contribution in [0.1, 0.15) is 194 Å². The lowest BCUT2D eigenvalue weighted by Gasteiger charge is -2.18. The van der Waals surface area contributed by atoms with Crippen molar-refractivity contribution in [3.05, 3.63) is 146 Å². The van der Waals surface area contributed by atoms with Crippen LogP contribution in [0.3, 0.4) is 0 Å². The fourth-order valence-corrected chi connectivity index (χ4v) is 6.24. The first-order chi connectivity index (χ1) is 32.5. The van der Waals surface area contributed by atoms with E-state index in [2.05, 4.69) is 154 Å². The zero-order chi connectivity index (χ0) is 47.9. The first-order valence-corrected chi connectivity index (χ1v) is 25.8. The van der Waals surface area contributed by atoms with Crippen LogP contribution < -0.4 is 0 Å². The van der Waals surface area contributed by atoms with Gasteiger partial charge in [0.2, 0.25) is 0 Å². The van der Waals surface area contributed by atoms with Gasteiger partial charge in [-0.15, -0.1) is 0 Å². The number of carbonyl (C=O) groups is 3. The van der Waals surface area contributed by atoms with E-state index >= 15 is 0 Å². The van der Waals surface area contributed by atoms with Gasteiger partial charge in [-0.25, -0.2) is 0 Å². The summed E-state index contributed by atoms with van der Waals surface area (Å²) in [4.78, 5) is 37.9. The molecule has 6 heteroatoms. The molecule has 0 aliphatic heterocycles. The molecule has 1 unspecified atom stereocenters. The van der Waals surface area contributed by atoms with E-state index in [1.165, 1.54) is 12.8 Å². The molecule has 0 saturated heterocycles. The van der Waals surface area contributed by atoms with Crippen LogP contribution in [0.15, 0.2) is 146 Å². The van der Waals surface area contributed by atoms with Gasteiger partial charge in [0.15, 0.2) is 6.10 Å². The number of carbonyl (C=O) groups excluding carboxylic acids is 3. The van der Waals surface area contributed by atoms with E-state index in [0.717, 1.165) is 128 Å². The first kappa shape index (κ1) is 61.3. The number of esters is 3. The Kier molecular flexibility index (Phi) is 49.1. The Morgan fingerprint density at radius 1 is 0.318 bits per heavy atom. The van der Waals surface area contributed by atoms with Gasteiger partial charge in [-0.3, -0.25) is 14.4 Å². The highest BCUT2D eigenvalue weighted by Crippen LogP contribution is 2.11. The predicted octanol–water partition coefficient (Wildman–Crippen LogP) is 17.3. The van der Waals surface area contributed by atoms with Gasteiger partial charge >= 0.3 is 17.9 Å². The maximum atomic E-state index is 12.8. The van der Waals surface area contributed by atoms with Gasteiger partial charge < -0.3 is 14.2 Å². The Balaban J connectivity index is 4.57. The minimum absolute atomic E-state index is 0.127. The van der Waals surface area contributed by atoms with Crippen LogP contribution in [0.5, 0.6) is 0 Å². The van der Waals surface area contributed by atoms with Crippen molar-refractivity contribution in [1.29, 1.82) is 0 Å². The lowest BCUT2D eigenvalue weighted by molar-refractivity contribution is -0.166. The molecule has 0 aromatic rings. The molecule has 1 atom stereocenters. The number of allylic oxidation sites excluding steroid dienone is 24. The van der Waals surface area contributed by atoms with Crippen LogP contribution in [0.25, 0.3) is 0 Å². The molecule has 0 aliphatic carbocycles. The number of unbranched alkanes of at least 4 members (excludes halogenated alkanes) is 9. The molecule has 0 spiro atoms. The van der Waals surface area contributed by atoms with E-state index in [1.54, 1.807) is 0 Å². The average Bonchev–Trinajstić information content (AvgIpc) is 3.31. The highest BCUT2D eigenvalue weighted by Gasteiger charge is 2.19. The third kappa shape index (κ3) is 50.3. The number of ether oxygens (including phenoxy) is 3. The molecule has 66 heavy (non-hydrogen) atoms. The second-order valence-corrected chi connectivity index (χ2v) is 16.3. The molecular weight excluding hydrogens is 817 g/mol. The van der Waals surface area contributed by atoms with Crippen molar-refractivity contribution in [2.75, 3.05) is 13.2 Å². The monoisotopic (exact) mass is 909 g/mol. The summed E-state index contributed by atoms with van der Waals surface area (Å²) in [6, 6.07) is 0. The van der Waals surface area contributed by atoms with Crippen molar-refractivity contribution in [2.24, 2.45) is 0 Å². The van der Waals surface area contributed by atoms with E-state index in [9.17, 15) is 14.4 Å². The van der Waals surface area contributed by atoms with E-state index in [0.29, 0.717) is 19.3 Å². The normalized spacial score (nSPS) is 13.3. The molecule has 0 amide bonds. The highest BCUT2D eigenvalue weighted by molar-refractivity contribution is 5.71. The van der Waals surface area contributed by atoms with E-state index in [4.69, 9.17) is 14.2 Å². The zero-order valence-electron chi connectivity index (χ0n) is 41.9. The van der Waals surface area contributed by atoms with Crippen LogP contribution in [-0.4, -0.2) is 37.2 Å². The topological polar surface area (TPSA) is 78.9 Å². The van der Waals surface area contributed by atoms with Gasteiger partial charge in [0, 0.05) is 19.3 Å². The maximum Gasteiger partial charge on any atom is 0.306 e. The van der Waals surface area contributed by atoms with Crippen LogP contribution in [0.2, 0.25) is 0 Å². The maximum absolute atomic E-state index is 12.8. The fourth-order valence-electron chi connectivity index (χ4n) is 6.24. The zero-order valence-corrected chi connectivity index (χ0v) is 41.9. The molecule has 0 bridgehead atoms. The lowest BCUT2D eigenvalue weighted by Crippen LogP contribution is -2.30. The van der Waals surface area contributed by atoms with Crippen molar-refractivity contribution in [3.63, 3.8) is 0 Å². The van der Waals surface area contributed by atoms with Crippen molar-refractivity contribution in [3.8, 4) is 0 Å². The second-order valence-electron chi connectivity index (χ2n) is 16.3. The van der Waals surface area contributed by atoms with Gasteiger partial charge in [0.25, 0.3) is 0 Å². The lowest BCUT2D eigenvalue weighted by atomic mass is 10.1. The van der Waals surface area contributed by atoms with Crippen molar-refractivity contribution in [2.45, 2.75) is 200 Å². The standard InChI is InChI=1S/C60H92O6/c1-4-7-10-13-16-19-22-24-26-28-30-32-34-36-38-41-44-47-50-53-59(62)65-56-57(55-64-58(61)52-49-46-43-40-21-18-15-12-9-6-3)66-60(63)54-51-48-45-42-39-37-35-33-31-29-27-25-23-20-17-14-11-8-5-2/h7-8,10-11,15-20,24-27,30-33,36-39,44,47,57H,4-6,9,12-14,21-23,28-29,34-35,40-43,45-46,48-56H2,1-3H3/b10-7-,11-8-,18-15-,19-16-,20-17-,26-24-,27-25-,32-30-,33-31-,38-36-,39-37-,47-44-. The van der Waals surface area contributed by atoms with E-state index in [-0.39, 0.29) is 44.0 Å². The van der Waals surface area contributed by atoms with Gasteiger partial charge in [0.05, 0.1) is 0 Å². The van der Waals surface area contributed by atoms with Crippen molar-refractivity contribution >= 4 is 17.9 Å². The van der Waals surface area contributed by atoms with Gasteiger partial charge in [-0.05, 0) is 122 Å².